The van der Waals surface area contributed by atoms with Crippen LogP contribution in [0.1, 0.15) is 29.0 Å². The summed E-state index contributed by atoms with van der Waals surface area (Å²) < 4.78 is 17.1. The number of amides is 2. The molecule has 0 atom stereocenters. The van der Waals surface area contributed by atoms with Gasteiger partial charge in [-0.15, -0.1) is 0 Å². The fourth-order valence-corrected chi connectivity index (χ4v) is 5.51. The Morgan fingerprint density at radius 1 is 1.02 bits per heavy atom. The second-order valence-corrected chi connectivity index (χ2v) is 10.7. The third kappa shape index (κ3) is 5.13. The zero-order chi connectivity index (χ0) is 28.7. The predicted molar refractivity (Wildman–Crippen MR) is 154 cm³/mol. The van der Waals surface area contributed by atoms with Crippen molar-refractivity contribution in [3.05, 3.63) is 84.3 Å². The predicted octanol–water partition coefficient (Wildman–Crippen LogP) is 5.16. The Labute approximate surface area is 236 Å². The molecule has 2 amide bonds. The number of imidazole rings is 1. The molecular weight excluding hydrogens is 523 g/mol. The number of hydrogen-bond donors (Lipinski definition) is 0. The van der Waals surface area contributed by atoms with Gasteiger partial charge in [-0.3, -0.25) is 9.78 Å². The van der Waals surface area contributed by atoms with E-state index in [-0.39, 0.29) is 11.7 Å². The minimum atomic E-state index is -0.563. The number of halogens is 1. The van der Waals surface area contributed by atoms with Crippen molar-refractivity contribution in [2.24, 2.45) is 5.92 Å². The first-order valence-corrected chi connectivity index (χ1v) is 13.7. The Morgan fingerprint density at radius 3 is 2.49 bits per heavy atom. The molecule has 0 N–H and O–H groups in total. The summed E-state index contributed by atoms with van der Waals surface area (Å²) >= 11 is 0. The van der Waals surface area contributed by atoms with Crippen LogP contribution in [0.2, 0.25) is 0 Å². The molecule has 1 saturated heterocycles. The van der Waals surface area contributed by atoms with Gasteiger partial charge in [0.2, 0.25) is 0 Å². The summed E-state index contributed by atoms with van der Waals surface area (Å²) in [5, 5.41) is 0.684. The van der Waals surface area contributed by atoms with Gasteiger partial charge in [-0.2, -0.15) is 4.73 Å². The molecule has 0 radical (unpaired) electrons. The Balaban J connectivity index is 1.24. The Bertz CT molecular complexity index is 1750. The van der Waals surface area contributed by atoms with Crippen LogP contribution in [0.25, 0.3) is 33.1 Å². The maximum absolute atomic E-state index is 13.8. The number of aryl methyl sites for hydroxylation is 1. The molecule has 6 rings (SSSR count). The number of carbonyl (C=O) groups excluding carboxylic acids is 2. The summed E-state index contributed by atoms with van der Waals surface area (Å²) in [5.74, 6) is 0.967. The lowest BCUT2D eigenvalue weighted by Crippen LogP contribution is -2.39. The van der Waals surface area contributed by atoms with E-state index in [2.05, 4.69) is 14.5 Å². The average Bonchev–Trinajstić information content (AvgIpc) is 3.49. The van der Waals surface area contributed by atoms with E-state index < -0.39 is 6.09 Å². The van der Waals surface area contributed by atoms with E-state index in [0.29, 0.717) is 35.5 Å². The topological polar surface area (TPSA) is 85.5 Å². The highest BCUT2D eigenvalue weighted by Gasteiger charge is 2.28. The molecule has 41 heavy (non-hydrogen) atoms. The monoisotopic (exact) mass is 554 g/mol. The first-order valence-electron chi connectivity index (χ1n) is 13.7. The largest absolute Gasteiger partial charge is 0.434 e. The van der Waals surface area contributed by atoms with Crippen LogP contribution < -0.4 is 4.84 Å². The van der Waals surface area contributed by atoms with Crippen LogP contribution in [0.4, 0.5) is 9.18 Å². The third-order valence-corrected chi connectivity index (χ3v) is 7.81. The molecule has 0 bridgehead atoms. The number of pyridine rings is 1. The molecule has 0 unspecified atom stereocenters. The number of rotatable bonds is 5. The summed E-state index contributed by atoms with van der Waals surface area (Å²) in [4.78, 5) is 43.8. The molecule has 9 nitrogen and oxygen atoms in total. The fourth-order valence-electron chi connectivity index (χ4n) is 5.51. The molecule has 4 heterocycles. The van der Waals surface area contributed by atoms with Crippen molar-refractivity contribution in [1.29, 1.82) is 0 Å². The highest BCUT2D eigenvalue weighted by molar-refractivity contribution is 6.07. The van der Waals surface area contributed by atoms with Gasteiger partial charge in [0.25, 0.3) is 5.91 Å². The van der Waals surface area contributed by atoms with Gasteiger partial charge in [0.1, 0.15) is 17.2 Å². The van der Waals surface area contributed by atoms with Crippen LogP contribution in [-0.2, 0) is 6.54 Å². The number of carbonyl (C=O) groups is 2. The number of nitrogens with zero attached hydrogens (tertiary/aromatic N) is 6. The highest BCUT2D eigenvalue weighted by Crippen LogP contribution is 2.30. The van der Waals surface area contributed by atoms with Crippen LogP contribution in [0.3, 0.4) is 0 Å². The highest BCUT2D eigenvalue weighted by atomic mass is 19.1. The molecule has 0 spiro atoms. The normalized spacial score (nSPS) is 14.1. The summed E-state index contributed by atoms with van der Waals surface area (Å²) in [5.41, 5.74) is 4.65. The van der Waals surface area contributed by atoms with Crippen LogP contribution >= 0.6 is 0 Å². The van der Waals surface area contributed by atoms with Gasteiger partial charge in [-0.25, -0.2) is 14.2 Å². The molecule has 5 aromatic rings. The molecule has 10 heteroatoms. The van der Waals surface area contributed by atoms with Gasteiger partial charge in [0.05, 0.1) is 29.0 Å². The van der Waals surface area contributed by atoms with E-state index in [1.165, 1.54) is 21.8 Å². The number of aromatic nitrogens is 4. The third-order valence-electron chi connectivity index (χ3n) is 7.81. The maximum Gasteiger partial charge on any atom is 0.434 e. The maximum atomic E-state index is 13.8. The van der Waals surface area contributed by atoms with Gasteiger partial charge in [0, 0.05) is 45.3 Å². The second-order valence-electron chi connectivity index (χ2n) is 10.7. The van der Waals surface area contributed by atoms with Crippen molar-refractivity contribution in [2.75, 3.05) is 27.2 Å². The Hall–Kier alpha value is -4.73. The van der Waals surface area contributed by atoms with Crippen LogP contribution in [0, 0.1) is 18.7 Å². The van der Waals surface area contributed by atoms with Crippen molar-refractivity contribution in [3.63, 3.8) is 0 Å². The minimum Gasteiger partial charge on any atom is -0.339 e. The van der Waals surface area contributed by atoms with Crippen LogP contribution in [0.15, 0.2) is 67.1 Å². The van der Waals surface area contributed by atoms with Crippen molar-refractivity contribution in [1.82, 2.24) is 29.1 Å². The molecule has 210 valence electrons. The zero-order valence-corrected chi connectivity index (χ0v) is 23.2. The van der Waals surface area contributed by atoms with Crippen molar-refractivity contribution < 1.29 is 18.8 Å². The average molecular weight is 555 g/mol. The molecule has 1 aliphatic rings. The minimum absolute atomic E-state index is 0.0991. The first kappa shape index (κ1) is 26.5. The molecule has 1 aliphatic heterocycles. The van der Waals surface area contributed by atoms with Gasteiger partial charge in [-0.1, -0.05) is 24.3 Å². The van der Waals surface area contributed by atoms with E-state index in [0.717, 1.165) is 47.4 Å². The lowest BCUT2D eigenvalue weighted by atomic mass is 9.96. The quantitative estimate of drug-likeness (QED) is 0.300. The summed E-state index contributed by atoms with van der Waals surface area (Å²) in [6, 6.07) is 13.8. The number of hydrogen-bond acceptors (Lipinski definition) is 5. The molecule has 1 fully saturated rings. The smallest absolute Gasteiger partial charge is 0.339 e. The zero-order valence-electron chi connectivity index (χ0n) is 23.2. The standard InChI is InChI=1S/C31H31FN6O3/c1-20-34-27-17-33-13-10-28(27)37(20)18-21-11-14-36(15-12-21)30(39)26-19-38(41-31(40)35(2)3)29-16-23(6-9-25(26)29)22-4-7-24(32)8-5-22/h4-10,13,16-17,19,21H,11-12,14-15,18H2,1-3H3. The molecule has 2 aromatic carbocycles. The second kappa shape index (κ2) is 10.7. The summed E-state index contributed by atoms with van der Waals surface area (Å²) in [6.07, 6.45) is 6.35. The van der Waals surface area contributed by atoms with Crippen molar-refractivity contribution >= 4 is 33.9 Å². The number of fused-ring (bicyclic) bond motifs is 2. The van der Waals surface area contributed by atoms with Crippen LogP contribution in [0.5, 0.6) is 0 Å². The van der Waals surface area contributed by atoms with E-state index in [4.69, 9.17) is 4.84 Å². The number of benzene rings is 2. The van der Waals surface area contributed by atoms with E-state index in [9.17, 15) is 14.0 Å². The summed E-state index contributed by atoms with van der Waals surface area (Å²) in [6.45, 7) is 4.13. The van der Waals surface area contributed by atoms with Gasteiger partial charge < -0.3 is 19.2 Å². The van der Waals surface area contributed by atoms with Crippen molar-refractivity contribution in [2.45, 2.75) is 26.3 Å². The molecule has 3 aromatic heterocycles. The summed E-state index contributed by atoms with van der Waals surface area (Å²) in [7, 11) is 3.19. The Kier molecular flexibility index (Phi) is 6.90. The fraction of sp³-hybridized carbons (Fsp3) is 0.290. The molecule has 0 aliphatic carbocycles. The van der Waals surface area contributed by atoms with E-state index >= 15 is 0 Å². The first-order chi connectivity index (χ1) is 19.8. The molecular formula is C31H31FN6O3. The van der Waals surface area contributed by atoms with Gasteiger partial charge >= 0.3 is 6.09 Å². The lowest BCUT2D eigenvalue weighted by Gasteiger charge is -2.32. The lowest BCUT2D eigenvalue weighted by molar-refractivity contribution is 0.0681. The van der Waals surface area contributed by atoms with Crippen LogP contribution in [-0.4, -0.2) is 68.3 Å². The SMILES string of the molecule is Cc1nc2cnccc2n1CC1CCN(C(=O)c2cn(OC(=O)N(C)C)c3cc(-c4ccc(F)cc4)ccc23)CC1. The van der Waals surface area contributed by atoms with E-state index in [1.807, 2.05) is 36.1 Å². The number of piperidine rings is 1. The Morgan fingerprint density at radius 2 is 1.76 bits per heavy atom. The van der Waals surface area contributed by atoms with Gasteiger partial charge in [0.15, 0.2) is 0 Å². The number of likely N-dealkylation sites (tertiary alicyclic amines) is 1. The van der Waals surface area contributed by atoms with Crippen molar-refractivity contribution in [3.8, 4) is 11.1 Å². The van der Waals surface area contributed by atoms with Gasteiger partial charge in [-0.05, 0) is 61.1 Å². The molecule has 0 saturated carbocycles. The van der Waals surface area contributed by atoms with E-state index in [1.54, 1.807) is 44.8 Å².